The first-order chi connectivity index (χ1) is 16.3. The Balaban J connectivity index is -0.0000000442. The Kier molecular flexibility index (Phi) is 64.8. The van der Waals surface area contributed by atoms with E-state index in [4.69, 9.17) is 40.9 Å². The number of hydrogen-bond acceptors (Lipinski definition) is 8. The first kappa shape index (κ1) is 53.5. The fourth-order valence-corrected chi connectivity index (χ4v) is 0. The van der Waals surface area contributed by atoms with Crippen molar-refractivity contribution < 1.29 is 69.6 Å². The van der Waals surface area contributed by atoms with Gasteiger partial charge in [0.15, 0.2) is 0 Å². The summed E-state index contributed by atoms with van der Waals surface area (Å²) >= 11 is 0. The lowest BCUT2D eigenvalue weighted by molar-refractivity contribution is -0.133. The molecule has 0 rings (SSSR count). The van der Waals surface area contributed by atoms with Gasteiger partial charge in [-0.15, -0.1) is 0 Å². The van der Waals surface area contributed by atoms with Crippen LogP contribution in [0.4, 0.5) is 0 Å². The van der Waals surface area contributed by atoms with Gasteiger partial charge < -0.3 is 40.9 Å². The third-order valence-corrected chi connectivity index (χ3v) is 1.53. The molecule has 0 bridgehead atoms. The molecule has 0 aromatic rings. The number of rotatable bonds is 7. The van der Waals surface area contributed by atoms with Crippen LogP contribution in [0.2, 0.25) is 0 Å². The van der Waals surface area contributed by atoms with Crippen molar-refractivity contribution >= 4 is 35.8 Å². The van der Waals surface area contributed by atoms with Crippen LogP contribution < -0.4 is 0 Å². The van der Waals surface area contributed by atoms with Crippen LogP contribution in [0.3, 0.4) is 0 Å². The van der Waals surface area contributed by atoms with E-state index in [0.717, 1.165) is 24.3 Å². The number of carboxylic acids is 6. The molecule has 37 heavy (non-hydrogen) atoms. The summed E-state index contributed by atoms with van der Waals surface area (Å²) in [7, 11) is 0. The monoisotopic (exact) mass is 538 g/mol. The lowest BCUT2D eigenvalue weighted by Crippen LogP contribution is -1.92. The minimum absolute atomic E-state index is 0. The van der Waals surface area contributed by atoms with Gasteiger partial charge in [-0.05, 0) is 13.8 Å². The normalized spacial score (nSPS) is 6.70. The molecule has 214 valence electrons. The molecule has 0 aliphatic carbocycles. The second-order valence-corrected chi connectivity index (χ2v) is 4.79. The maximum Gasteiger partial charge on any atom is 0.330 e. The summed E-state index contributed by atoms with van der Waals surface area (Å²) in [5, 5.41) is 61.4. The lowest BCUT2D eigenvalue weighted by atomic mass is 10.4. The Morgan fingerprint density at radius 3 is 0.595 bits per heavy atom. The zero-order chi connectivity index (χ0) is 30.9. The molecule has 0 spiro atoms. The standard InChI is InChI=1S/2C4H6O2.4C3H4O2.C2H6O2.CH4/c2*1-3(2)4(5)6;4*1-2-3(4)5;3-1-2-4;/h2*1H2,2H3,(H,5,6);4*2H,1H2,(H,4,5);3-4H,1-2H2;1H4. The van der Waals surface area contributed by atoms with Gasteiger partial charge in [0.1, 0.15) is 0 Å². The fraction of sp³-hybridized carbons (Fsp3) is 0.217. The number of aliphatic hydroxyl groups excluding tert-OH is 2. The van der Waals surface area contributed by atoms with E-state index >= 15 is 0 Å². The van der Waals surface area contributed by atoms with E-state index in [1.807, 2.05) is 0 Å². The van der Waals surface area contributed by atoms with E-state index in [9.17, 15) is 28.8 Å². The van der Waals surface area contributed by atoms with Gasteiger partial charge in [0.2, 0.25) is 0 Å². The van der Waals surface area contributed by atoms with Crippen LogP contribution in [0, 0.1) is 0 Å². The van der Waals surface area contributed by atoms with E-state index < -0.39 is 35.8 Å². The second-order valence-electron chi connectivity index (χ2n) is 4.79. The van der Waals surface area contributed by atoms with Crippen molar-refractivity contribution in [3.05, 3.63) is 74.9 Å². The molecule has 14 heteroatoms. The Bertz CT molecular complexity index is 612. The van der Waals surface area contributed by atoms with Gasteiger partial charge in [0.05, 0.1) is 13.2 Å². The highest BCUT2D eigenvalue weighted by molar-refractivity contribution is 5.85. The van der Waals surface area contributed by atoms with Gasteiger partial charge in [-0.2, -0.15) is 0 Å². The van der Waals surface area contributed by atoms with Gasteiger partial charge in [0, 0.05) is 35.5 Å². The predicted octanol–water partition coefficient (Wildman–Crippen LogP) is 1.93. The molecule has 0 heterocycles. The highest BCUT2D eigenvalue weighted by Crippen LogP contribution is 1.81. The summed E-state index contributed by atoms with van der Waals surface area (Å²) in [6.07, 6.45) is 3.33. The van der Waals surface area contributed by atoms with Crippen LogP contribution in [0.1, 0.15) is 21.3 Å². The van der Waals surface area contributed by atoms with Gasteiger partial charge in [-0.25, -0.2) is 28.8 Å². The second kappa shape index (κ2) is 44.8. The number of carboxylic acid groups (broad SMARTS) is 6. The van der Waals surface area contributed by atoms with E-state index in [0.29, 0.717) is 0 Å². The van der Waals surface area contributed by atoms with Gasteiger partial charge in [-0.3, -0.25) is 0 Å². The molecule has 0 aliphatic heterocycles. The van der Waals surface area contributed by atoms with Crippen molar-refractivity contribution in [2.24, 2.45) is 0 Å². The highest BCUT2D eigenvalue weighted by atomic mass is 16.4. The molecule has 0 aromatic heterocycles. The first-order valence-corrected chi connectivity index (χ1v) is 8.69. The van der Waals surface area contributed by atoms with E-state index in [1.165, 1.54) is 13.8 Å². The quantitative estimate of drug-likeness (QED) is 0.215. The largest absolute Gasteiger partial charge is 0.478 e. The van der Waals surface area contributed by atoms with Crippen molar-refractivity contribution in [2.45, 2.75) is 21.3 Å². The molecular formula is C23H38O14. The van der Waals surface area contributed by atoms with Crippen molar-refractivity contribution in [1.29, 1.82) is 0 Å². The average molecular weight is 539 g/mol. The third-order valence-electron chi connectivity index (χ3n) is 1.53. The van der Waals surface area contributed by atoms with Gasteiger partial charge in [0.25, 0.3) is 0 Å². The first-order valence-electron chi connectivity index (χ1n) is 8.69. The highest BCUT2D eigenvalue weighted by Gasteiger charge is 1.90. The van der Waals surface area contributed by atoms with Gasteiger partial charge >= 0.3 is 35.8 Å². The van der Waals surface area contributed by atoms with Crippen LogP contribution in [0.25, 0.3) is 0 Å². The predicted molar refractivity (Wildman–Crippen MR) is 137 cm³/mol. The van der Waals surface area contributed by atoms with Crippen LogP contribution in [0.5, 0.6) is 0 Å². The van der Waals surface area contributed by atoms with E-state index in [-0.39, 0.29) is 31.8 Å². The van der Waals surface area contributed by atoms with Gasteiger partial charge in [-0.1, -0.05) is 46.9 Å². The van der Waals surface area contributed by atoms with E-state index in [1.54, 1.807) is 0 Å². The minimum atomic E-state index is -0.981. The number of aliphatic carboxylic acids is 6. The molecule has 0 amide bonds. The molecule has 14 nitrogen and oxygen atoms in total. The number of hydrogen-bond donors (Lipinski definition) is 8. The Labute approximate surface area is 215 Å². The summed E-state index contributed by atoms with van der Waals surface area (Å²) in [6.45, 7) is 20.8. The zero-order valence-electron chi connectivity index (χ0n) is 20.0. The minimum Gasteiger partial charge on any atom is -0.478 e. The summed E-state index contributed by atoms with van der Waals surface area (Å²) in [6, 6.07) is 0. The third kappa shape index (κ3) is 179. The molecule has 0 aliphatic rings. The summed E-state index contributed by atoms with van der Waals surface area (Å²) < 4.78 is 0. The maximum atomic E-state index is 9.60. The number of aliphatic hydroxyl groups is 2. The fourth-order valence-electron chi connectivity index (χ4n) is 0. The summed E-state index contributed by atoms with van der Waals surface area (Å²) in [5.74, 6) is -5.80. The van der Waals surface area contributed by atoms with Crippen molar-refractivity contribution in [2.75, 3.05) is 13.2 Å². The molecule has 0 saturated heterocycles. The molecule has 0 atom stereocenters. The zero-order valence-corrected chi connectivity index (χ0v) is 20.0. The Morgan fingerprint density at radius 1 is 0.514 bits per heavy atom. The molecule has 0 radical (unpaired) electrons. The van der Waals surface area contributed by atoms with Crippen molar-refractivity contribution in [3.8, 4) is 0 Å². The van der Waals surface area contributed by atoms with Crippen LogP contribution in [-0.2, 0) is 28.8 Å². The molecular weight excluding hydrogens is 500 g/mol. The van der Waals surface area contributed by atoms with Crippen molar-refractivity contribution in [1.82, 2.24) is 0 Å². The summed E-state index contributed by atoms with van der Waals surface area (Å²) in [5.41, 5.74) is 0.352. The van der Waals surface area contributed by atoms with E-state index in [2.05, 4.69) is 39.5 Å². The SMILES string of the molecule is C.C=C(C)C(=O)O.C=C(C)C(=O)O.C=CC(=O)O.C=CC(=O)O.C=CC(=O)O.C=CC(=O)O.OCCO. The van der Waals surface area contributed by atoms with Crippen LogP contribution in [0.15, 0.2) is 74.9 Å². The van der Waals surface area contributed by atoms with Crippen LogP contribution >= 0.6 is 0 Å². The van der Waals surface area contributed by atoms with Crippen LogP contribution in [-0.4, -0.2) is 89.9 Å². The summed E-state index contributed by atoms with van der Waals surface area (Å²) in [4.78, 5) is 56.2. The number of carbonyl (C=O) groups is 6. The molecule has 0 unspecified atom stereocenters. The smallest absolute Gasteiger partial charge is 0.330 e. The molecule has 0 saturated carbocycles. The lowest BCUT2D eigenvalue weighted by Gasteiger charge is -1.79. The molecule has 8 N–H and O–H groups in total. The molecule has 0 aromatic carbocycles. The Hall–Kier alpha value is -4.82. The molecule has 0 fully saturated rings. The Morgan fingerprint density at radius 2 is 0.595 bits per heavy atom. The topological polar surface area (TPSA) is 264 Å². The maximum absolute atomic E-state index is 9.60. The van der Waals surface area contributed by atoms with Crippen molar-refractivity contribution in [3.63, 3.8) is 0 Å². The average Bonchev–Trinajstić information content (AvgIpc) is 2.80.